The van der Waals surface area contributed by atoms with Crippen LogP contribution in [-0.2, 0) is 6.42 Å². The minimum atomic E-state index is 0.0816. The van der Waals surface area contributed by atoms with E-state index in [4.69, 9.17) is 15.1 Å². The molecule has 1 amide bonds. The highest BCUT2D eigenvalue weighted by atomic mass is 16.2. The molecule has 0 bridgehead atoms. The molecule has 190 valence electrons. The van der Waals surface area contributed by atoms with Gasteiger partial charge in [0.15, 0.2) is 5.65 Å². The Kier molecular flexibility index (Phi) is 6.56. The van der Waals surface area contributed by atoms with Crippen molar-refractivity contribution in [3.63, 3.8) is 0 Å². The zero-order chi connectivity index (χ0) is 25.9. The predicted molar refractivity (Wildman–Crippen MR) is 150 cm³/mol. The molecule has 0 N–H and O–H groups in total. The highest BCUT2D eigenvalue weighted by Gasteiger charge is 2.25. The first kappa shape index (κ1) is 23.9. The number of nitrogens with zero attached hydrogens (tertiary/aromatic N) is 6. The van der Waals surface area contributed by atoms with Gasteiger partial charge < -0.3 is 9.80 Å². The van der Waals surface area contributed by atoms with E-state index in [1.807, 2.05) is 95.4 Å². The molecule has 0 atom stereocenters. The van der Waals surface area contributed by atoms with Gasteiger partial charge in [-0.15, -0.1) is 0 Å². The Balaban J connectivity index is 1.39. The van der Waals surface area contributed by atoms with Gasteiger partial charge in [-0.05, 0) is 43.2 Å². The fourth-order valence-electron chi connectivity index (χ4n) is 5.14. The summed E-state index contributed by atoms with van der Waals surface area (Å²) in [6, 6.07) is 30.0. The number of hydrogen-bond donors (Lipinski definition) is 0. The second kappa shape index (κ2) is 10.5. The van der Waals surface area contributed by atoms with E-state index in [1.165, 1.54) is 0 Å². The number of carbonyl (C=O) groups excluding carboxylic acids is 1. The predicted octanol–water partition coefficient (Wildman–Crippen LogP) is 5.07. The van der Waals surface area contributed by atoms with Gasteiger partial charge >= 0.3 is 0 Å². The molecule has 6 rings (SSSR count). The van der Waals surface area contributed by atoms with Crippen LogP contribution < -0.4 is 4.90 Å². The van der Waals surface area contributed by atoms with Gasteiger partial charge in [0.05, 0.1) is 16.8 Å². The van der Waals surface area contributed by atoms with Crippen LogP contribution in [0.4, 0.5) is 5.82 Å². The SMILES string of the molecule is Cc1nn(-c2ccccc2)c2nc(Cc3ccccc3)nc(N3CCCN(C(=O)c4ccccc4)CC3)c12. The molecule has 0 saturated carbocycles. The lowest BCUT2D eigenvalue weighted by atomic mass is 10.1. The summed E-state index contributed by atoms with van der Waals surface area (Å²) in [4.78, 5) is 27.6. The molecule has 0 aliphatic carbocycles. The third kappa shape index (κ3) is 4.75. The second-order valence-electron chi connectivity index (χ2n) is 9.66. The van der Waals surface area contributed by atoms with E-state index in [0.29, 0.717) is 19.5 Å². The highest BCUT2D eigenvalue weighted by Crippen LogP contribution is 2.30. The maximum atomic E-state index is 13.1. The van der Waals surface area contributed by atoms with Crippen molar-refractivity contribution in [2.24, 2.45) is 0 Å². The molecule has 1 fully saturated rings. The normalized spacial score (nSPS) is 14.0. The second-order valence-corrected chi connectivity index (χ2v) is 9.66. The number of aromatic nitrogens is 4. The number of amides is 1. The summed E-state index contributed by atoms with van der Waals surface area (Å²) in [7, 11) is 0. The van der Waals surface area contributed by atoms with Crippen LogP contribution in [0.3, 0.4) is 0 Å². The van der Waals surface area contributed by atoms with Gasteiger partial charge in [0.2, 0.25) is 0 Å². The van der Waals surface area contributed by atoms with Gasteiger partial charge in [0.25, 0.3) is 5.91 Å². The van der Waals surface area contributed by atoms with Crippen LogP contribution in [0.1, 0.15) is 33.9 Å². The van der Waals surface area contributed by atoms with Crippen molar-refractivity contribution in [2.75, 3.05) is 31.1 Å². The van der Waals surface area contributed by atoms with Crippen LogP contribution in [0.25, 0.3) is 16.7 Å². The Morgan fingerprint density at radius 2 is 1.47 bits per heavy atom. The molecule has 7 nitrogen and oxygen atoms in total. The Bertz CT molecular complexity index is 1550. The maximum Gasteiger partial charge on any atom is 0.253 e. The summed E-state index contributed by atoms with van der Waals surface area (Å²) in [5.74, 6) is 1.74. The summed E-state index contributed by atoms with van der Waals surface area (Å²) < 4.78 is 1.92. The quantitative estimate of drug-likeness (QED) is 0.336. The summed E-state index contributed by atoms with van der Waals surface area (Å²) in [6.07, 6.45) is 1.50. The molecule has 5 aromatic rings. The largest absolute Gasteiger partial charge is 0.354 e. The molecular formula is C31H30N6O. The van der Waals surface area contributed by atoms with E-state index in [-0.39, 0.29) is 5.91 Å². The van der Waals surface area contributed by atoms with E-state index >= 15 is 0 Å². The fraction of sp³-hybridized carbons (Fsp3) is 0.226. The summed E-state index contributed by atoms with van der Waals surface area (Å²) in [5.41, 5.74) is 4.57. The van der Waals surface area contributed by atoms with Crippen LogP contribution in [0.15, 0.2) is 91.0 Å². The maximum absolute atomic E-state index is 13.1. The molecule has 7 heteroatoms. The monoisotopic (exact) mass is 502 g/mol. The zero-order valence-corrected chi connectivity index (χ0v) is 21.5. The molecule has 2 aromatic heterocycles. The summed E-state index contributed by atoms with van der Waals surface area (Å²) in [6.45, 7) is 4.89. The topological polar surface area (TPSA) is 67.2 Å². The number of para-hydroxylation sites is 1. The summed E-state index contributed by atoms with van der Waals surface area (Å²) >= 11 is 0. The van der Waals surface area contributed by atoms with Crippen molar-refractivity contribution in [3.05, 3.63) is 114 Å². The average molecular weight is 503 g/mol. The molecular weight excluding hydrogens is 472 g/mol. The number of carbonyl (C=O) groups is 1. The smallest absolute Gasteiger partial charge is 0.253 e. The fourth-order valence-corrected chi connectivity index (χ4v) is 5.14. The third-order valence-electron chi connectivity index (χ3n) is 7.04. The Hall–Kier alpha value is -4.52. The number of fused-ring (bicyclic) bond motifs is 1. The summed E-state index contributed by atoms with van der Waals surface area (Å²) in [5, 5.41) is 5.86. The standard InChI is InChI=1S/C31H30N6O/c1-23-28-29(35-18-11-19-36(21-20-35)31(38)25-14-7-3-8-15-25)32-27(22-24-12-5-2-6-13-24)33-30(28)37(34-23)26-16-9-4-10-17-26/h2-10,12-17H,11,18-22H2,1H3. The number of hydrogen-bond acceptors (Lipinski definition) is 5. The molecule has 0 radical (unpaired) electrons. The lowest BCUT2D eigenvalue weighted by Gasteiger charge is -2.24. The van der Waals surface area contributed by atoms with Crippen molar-refractivity contribution in [3.8, 4) is 5.69 Å². The number of anilines is 1. The van der Waals surface area contributed by atoms with Crippen LogP contribution in [0, 0.1) is 6.92 Å². The van der Waals surface area contributed by atoms with E-state index in [0.717, 1.165) is 64.7 Å². The van der Waals surface area contributed by atoms with Crippen LogP contribution in [0.5, 0.6) is 0 Å². The number of rotatable bonds is 5. The van der Waals surface area contributed by atoms with Gasteiger partial charge in [0, 0.05) is 38.2 Å². The molecule has 0 spiro atoms. The lowest BCUT2D eigenvalue weighted by molar-refractivity contribution is 0.0767. The van der Waals surface area contributed by atoms with E-state index in [9.17, 15) is 4.79 Å². The molecule has 1 saturated heterocycles. The van der Waals surface area contributed by atoms with Crippen molar-refractivity contribution in [2.45, 2.75) is 19.8 Å². The first-order valence-corrected chi connectivity index (χ1v) is 13.1. The lowest BCUT2D eigenvalue weighted by Crippen LogP contribution is -2.35. The Morgan fingerprint density at radius 3 is 2.21 bits per heavy atom. The Morgan fingerprint density at radius 1 is 0.789 bits per heavy atom. The van der Waals surface area contributed by atoms with Gasteiger partial charge in [-0.3, -0.25) is 4.79 Å². The van der Waals surface area contributed by atoms with Crippen molar-refractivity contribution < 1.29 is 4.79 Å². The number of aryl methyl sites for hydroxylation is 1. The van der Waals surface area contributed by atoms with E-state index in [2.05, 4.69) is 17.0 Å². The first-order chi connectivity index (χ1) is 18.7. The zero-order valence-electron chi connectivity index (χ0n) is 21.5. The van der Waals surface area contributed by atoms with Crippen molar-refractivity contribution in [1.29, 1.82) is 0 Å². The van der Waals surface area contributed by atoms with Crippen LogP contribution >= 0.6 is 0 Å². The molecule has 1 aliphatic heterocycles. The van der Waals surface area contributed by atoms with Gasteiger partial charge in [-0.1, -0.05) is 66.7 Å². The highest BCUT2D eigenvalue weighted by molar-refractivity contribution is 5.94. The molecule has 1 aliphatic rings. The van der Waals surface area contributed by atoms with Crippen LogP contribution in [-0.4, -0.2) is 56.7 Å². The number of benzene rings is 3. The minimum Gasteiger partial charge on any atom is -0.354 e. The third-order valence-corrected chi connectivity index (χ3v) is 7.04. The Labute approximate surface area is 222 Å². The van der Waals surface area contributed by atoms with E-state index in [1.54, 1.807) is 0 Å². The van der Waals surface area contributed by atoms with E-state index < -0.39 is 0 Å². The average Bonchev–Trinajstić information content (AvgIpc) is 3.12. The molecule has 38 heavy (non-hydrogen) atoms. The first-order valence-electron chi connectivity index (χ1n) is 13.1. The molecule has 3 heterocycles. The van der Waals surface area contributed by atoms with Crippen molar-refractivity contribution in [1.82, 2.24) is 24.6 Å². The van der Waals surface area contributed by atoms with Gasteiger partial charge in [-0.25, -0.2) is 14.6 Å². The van der Waals surface area contributed by atoms with Crippen molar-refractivity contribution >= 4 is 22.8 Å². The van der Waals surface area contributed by atoms with Crippen LogP contribution in [0.2, 0.25) is 0 Å². The van der Waals surface area contributed by atoms with Gasteiger partial charge in [0.1, 0.15) is 11.6 Å². The van der Waals surface area contributed by atoms with Gasteiger partial charge in [-0.2, -0.15) is 5.10 Å². The molecule has 0 unspecified atom stereocenters. The minimum absolute atomic E-state index is 0.0816. The molecule has 3 aromatic carbocycles.